The number of carbonyl (C=O) groups is 4. The quantitative estimate of drug-likeness (QED) is 0.358. The first-order valence-electron chi connectivity index (χ1n) is 9.98. The molecule has 168 valence electrons. The summed E-state index contributed by atoms with van der Waals surface area (Å²) < 4.78 is 8.46. The molecule has 0 aromatic carbocycles. The van der Waals surface area contributed by atoms with Gasteiger partial charge in [0.25, 0.3) is 0 Å². The van der Waals surface area contributed by atoms with Gasteiger partial charge in [0.2, 0.25) is 0 Å². The van der Waals surface area contributed by atoms with Crippen molar-refractivity contribution in [1.82, 2.24) is 0 Å². The summed E-state index contributed by atoms with van der Waals surface area (Å²) in [6.45, 7) is 22.9. The Labute approximate surface area is 180 Å². The average Bonchev–Trinajstić information content (AvgIpc) is 3.00. The molecule has 1 saturated heterocycles. The molecular formula is C24H36O6. The molecule has 0 bridgehead atoms. The first-order chi connectivity index (χ1) is 13.5. The van der Waals surface area contributed by atoms with E-state index in [1.807, 2.05) is 0 Å². The summed E-state index contributed by atoms with van der Waals surface area (Å²) in [4.78, 5) is 41.9. The third kappa shape index (κ3) is 14.5. The van der Waals surface area contributed by atoms with E-state index in [0.29, 0.717) is 11.8 Å². The van der Waals surface area contributed by atoms with Crippen molar-refractivity contribution in [3.63, 3.8) is 0 Å². The molecule has 6 heteroatoms. The van der Waals surface area contributed by atoms with Crippen molar-refractivity contribution in [3.05, 3.63) is 36.5 Å². The van der Waals surface area contributed by atoms with Crippen LogP contribution < -0.4 is 0 Å². The highest BCUT2D eigenvalue weighted by Gasteiger charge is 2.33. The molecule has 0 aromatic rings. The van der Waals surface area contributed by atoms with Gasteiger partial charge in [-0.1, -0.05) is 59.3 Å². The minimum absolute atomic E-state index is 0.170. The molecule has 1 atom stereocenters. The number of cyclic esters (lactones) is 4. The number of esters is 4. The number of carbonyl (C=O) groups excluding carboxylic acids is 4. The Hall–Kier alpha value is -2.50. The molecule has 2 rings (SSSR count). The number of hydrogen-bond acceptors (Lipinski definition) is 6. The van der Waals surface area contributed by atoms with Crippen LogP contribution in [0.3, 0.4) is 0 Å². The second-order valence-electron chi connectivity index (χ2n) is 10.2. The highest BCUT2D eigenvalue weighted by molar-refractivity contribution is 6.04. The molecule has 0 radical (unpaired) electrons. The minimum atomic E-state index is -0.579. The molecule has 0 saturated carbocycles. The third-order valence-electron chi connectivity index (χ3n) is 3.67. The van der Waals surface area contributed by atoms with Gasteiger partial charge in [-0.25, -0.2) is 9.59 Å². The molecule has 0 spiro atoms. The van der Waals surface area contributed by atoms with Crippen LogP contribution in [0.2, 0.25) is 0 Å². The van der Waals surface area contributed by atoms with E-state index in [4.69, 9.17) is 0 Å². The maximum Gasteiger partial charge on any atom is 0.338 e. The van der Waals surface area contributed by atoms with E-state index < -0.39 is 23.9 Å². The summed E-state index contributed by atoms with van der Waals surface area (Å²) in [7, 11) is 0. The van der Waals surface area contributed by atoms with Gasteiger partial charge in [-0.05, 0) is 37.0 Å². The van der Waals surface area contributed by atoms with Crippen molar-refractivity contribution in [2.24, 2.45) is 16.7 Å². The van der Waals surface area contributed by atoms with E-state index in [2.05, 4.69) is 71.1 Å². The molecule has 2 aliphatic rings. The molecule has 0 aromatic heterocycles. The van der Waals surface area contributed by atoms with Gasteiger partial charge in [0.15, 0.2) is 0 Å². The summed E-state index contributed by atoms with van der Waals surface area (Å²) in [6.07, 6.45) is 4.95. The zero-order valence-electron chi connectivity index (χ0n) is 19.4. The second kappa shape index (κ2) is 11.6. The van der Waals surface area contributed by atoms with Gasteiger partial charge in [0.05, 0.1) is 12.3 Å². The standard InChI is InChI=1S/C12H18O3.C8H16.C4H2O3/c1-8(7-12(2,3)4)5-9-6-10(13)15-11(9)14;1-7(2)6-8(3,4)5;5-3-1-2-4(6)7-3/h9H,1,5-7H2,2-4H3;1,6H2,2-5H3;1-2H. The van der Waals surface area contributed by atoms with Crippen LogP contribution in [0.5, 0.6) is 0 Å². The summed E-state index contributed by atoms with van der Waals surface area (Å²) >= 11 is 0. The summed E-state index contributed by atoms with van der Waals surface area (Å²) in [5, 5.41) is 0. The van der Waals surface area contributed by atoms with E-state index in [1.54, 1.807) is 0 Å². The first kappa shape index (κ1) is 27.5. The van der Waals surface area contributed by atoms with Crippen LogP contribution in [0, 0.1) is 16.7 Å². The monoisotopic (exact) mass is 420 g/mol. The van der Waals surface area contributed by atoms with Crippen LogP contribution >= 0.6 is 0 Å². The van der Waals surface area contributed by atoms with Gasteiger partial charge < -0.3 is 9.47 Å². The molecule has 0 amide bonds. The molecule has 2 aliphatic heterocycles. The summed E-state index contributed by atoms with van der Waals surface area (Å²) in [6, 6.07) is 0. The lowest BCUT2D eigenvalue weighted by Gasteiger charge is -2.20. The minimum Gasteiger partial charge on any atom is -0.393 e. The molecule has 1 unspecified atom stereocenters. The van der Waals surface area contributed by atoms with Crippen LogP contribution in [0.4, 0.5) is 0 Å². The predicted molar refractivity (Wildman–Crippen MR) is 116 cm³/mol. The van der Waals surface area contributed by atoms with Crippen LogP contribution in [0.25, 0.3) is 0 Å². The highest BCUT2D eigenvalue weighted by Crippen LogP contribution is 2.30. The van der Waals surface area contributed by atoms with Crippen molar-refractivity contribution in [2.75, 3.05) is 0 Å². The Kier molecular flexibility index (Phi) is 10.7. The normalized spacial score (nSPS) is 18.0. The SMILES string of the molecule is C=C(C)CC(C)(C)C.C=C(CC1CC(=O)OC1=O)CC(C)(C)C.O=C1C=CC(=O)O1. The number of rotatable bonds is 4. The maximum atomic E-state index is 11.2. The Morgan fingerprint density at radius 3 is 1.60 bits per heavy atom. The summed E-state index contributed by atoms with van der Waals surface area (Å²) in [5.74, 6) is -2.26. The van der Waals surface area contributed by atoms with Crippen molar-refractivity contribution in [3.8, 4) is 0 Å². The van der Waals surface area contributed by atoms with Crippen LogP contribution in [0.1, 0.15) is 74.1 Å². The maximum absolute atomic E-state index is 11.2. The lowest BCUT2D eigenvalue weighted by molar-refractivity contribution is -0.153. The Morgan fingerprint density at radius 1 is 0.900 bits per heavy atom. The fourth-order valence-corrected chi connectivity index (χ4v) is 3.06. The second-order valence-corrected chi connectivity index (χ2v) is 10.2. The van der Waals surface area contributed by atoms with Gasteiger partial charge in [0.1, 0.15) is 0 Å². The fourth-order valence-electron chi connectivity index (χ4n) is 3.06. The Bertz CT molecular complexity index is 697. The van der Waals surface area contributed by atoms with E-state index in [1.165, 1.54) is 5.57 Å². The van der Waals surface area contributed by atoms with Gasteiger partial charge in [0, 0.05) is 12.2 Å². The first-order valence-corrected chi connectivity index (χ1v) is 9.98. The van der Waals surface area contributed by atoms with E-state index in [-0.39, 0.29) is 17.8 Å². The molecule has 0 N–H and O–H groups in total. The smallest absolute Gasteiger partial charge is 0.338 e. The van der Waals surface area contributed by atoms with Crippen molar-refractivity contribution in [2.45, 2.75) is 74.1 Å². The molecule has 2 heterocycles. The molecular weight excluding hydrogens is 384 g/mol. The van der Waals surface area contributed by atoms with Gasteiger partial charge in [-0.3, -0.25) is 9.59 Å². The van der Waals surface area contributed by atoms with Crippen LogP contribution in [-0.4, -0.2) is 23.9 Å². The van der Waals surface area contributed by atoms with Gasteiger partial charge in [-0.15, -0.1) is 6.58 Å². The number of allylic oxidation sites excluding steroid dienone is 2. The van der Waals surface area contributed by atoms with Crippen LogP contribution in [-0.2, 0) is 28.7 Å². The fraction of sp³-hybridized carbons (Fsp3) is 0.583. The van der Waals surface area contributed by atoms with E-state index in [0.717, 1.165) is 30.6 Å². The average molecular weight is 421 g/mol. The van der Waals surface area contributed by atoms with E-state index >= 15 is 0 Å². The lowest BCUT2D eigenvalue weighted by atomic mass is 9.85. The van der Waals surface area contributed by atoms with Gasteiger partial charge >= 0.3 is 23.9 Å². The summed E-state index contributed by atoms with van der Waals surface area (Å²) in [5.41, 5.74) is 2.88. The largest absolute Gasteiger partial charge is 0.393 e. The zero-order valence-corrected chi connectivity index (χ0v) is 19.4. The number of hydrogen-bond donors (Lipinski definition) is 0. The van der Waals surface area contributed by atoms with Crippen molar-refractivity contribution >= 4 is 23.9 Å². The lowest BCUT2D eigenvalue weighted by Crippen LogP contribution is -2.12. The third-order valence-corrected chi connectivity index (χ3v) is 3.67. The number of ether oxygens (including phenoxy) is 2. The van der Waals surface area contributed by atoms with Crippen molar-refractivity contribution in [1.29, 1.82) is 0 Å². The van der Waals surface area contributed by atoms with Crippen molar-refractivity contribution < 1.29 is 28.7 Å². The van der Waals surface area contributed by atoms with Gasteiger partial charge in [-0.2, -0.15) is 0 Å². The Balaban J connectivity index is 0.000000471. The van der Waals surface area contributed by atoms with Crippen LogP contribution in [0.15, 0.2) is 36.5 Å². The van der Waals surface area contributed by atoms with E-state index in [9.17, 15) is 19.2 Å². The molecule has 6 nitrogen and oxygen atoms in total. The highest BCUT2D eigenvalue weighted by atomic mass is 16.6. The zero-order chi connectivity index (χ0) is 23.7. The molecule has 30 heavy (non-hydrogen) atoms. The predicted octanol–water partition coefficient (Wildman–Crippen LogP) is 5.08. The molecule has 1 fully saturated rings. The Morgan fingerprint density at radius 2 is 1.37 bits per heavy atom. The molecule has 0 aliphatic carbocycles. The topological polar surface area (TPSA) is 86.7 Å².